The van der Waals surface area contributed by atoms with Crippen LogP contribution in [0, 0.1) is 6.92 Å². The van der Waals surface area contributed by atoms with Crippen molar-refractivity contribution < 1.29 is 14.1 Å². The summed E-state index contributed by atoms with van der Waals surface area (Å²) in [6.45, 7) is 6.81. The molecule has 2 aromatic rings. The van der Waals surface area contributed by atoms with Crippen molar-refractivity contribution in [1.29, 1.82) is 0 Å². The fourth-order valence-corrected chi connectivity index (χ4v) is 3.05. The second kappa shape index (κ2) is 7.31. The molecule has 1 aliphatic rings. The molecule has 1 saturated heterocycles. The van der Waals surface area contributed by atoms with Crippen LogP contribution >= 0.6 is 0 Å². The molecule has 0 aromatic carbocycles. The molecule has 0 spiro atoms. The number of hydrogen-bond donors (Lipinski definition) is 1. The monoisotopic (exact) mass is 344 g/mol. The van der Waals surface area contributed by atoms with E-state index in [2.05, 4.69) is 20.4 Å². The lowest BCUT2D eigenvalue weighted by atomic mass is 9.95. The number of nitrogens with zero attached hydrogens (tertiary/aromatic N) is 3. The van der Waals surface area contributed by atoms with Crippen LogP contribution in [0.2, 0.25) is 0 Å². The second-order valence-corrected chi connectivity index (χ2v) is 6.55. The first-order chi connectivity index (χ1) is 12.0. The highest BCUT2D eigenvalue weighted by Gasteiger charge is 2.32. The molecule has 0 aliphatic carbocycles. The summed E-state index contributed by atoms with van der Waals surface area (Å²) in [6, 6.07) is 0. The predicted octanol–water partition coefficient (Wildman–Crippen LogP) is 2.68. The van der Waals surface area contributed by atoms with Crippen LogP contribution in [0.1, 0.15) is 66.3 Å². The third kappa shape index (κ3) is 3.71. The van der Waals surface area contributed by atoms with Gasteiger partial charge in [-0.25, -0.2) is 9.97 Å². The Labute approximate surface area is 147 Å². The van der Waals surface area contributed by atoms with Crippen LogP contribution in [-0.4, -0.2) is 27.6 Å². The molecular weight excluding hydrogens is 320 g/mol. The van der Waals surface area contributed by atoms with E-state index in [9.17, 15) is 4.79 Å². The van der Waals surface area contributed by atoms with Gasteiger partial charge in [0, 0.05) is 31.1 Å². The maximum absolute atomic E-state index is 12.4. The van der Waals surface area contributed by atoms with Gasteiger partial charge in [0.25, 0.3) is 5.91 Å². The molecule has 3 rings (SSSR count). The number of aromatic nitrogens is 3. The van der Waals surface area contributed by atoms with Crippen molar-refractivity contribution in [2.75, 3.05) is 6.61 Å². The summed E-state index contributed by atoms with van der Waals surface area (Å²) in [5.74, 6) is 1.04. The fraction of sp³-hybridized carbons (Fsp3) is 0.556. The summed E-state index contributed by atoms with van der Waals surface area (Å²) < 4.78 is 11.0. The molecule has 7 nitrogen and oxygen atoms in total. The number of rotatable bonds is 5. The standard InChI is InChI=1S/C18H24N4O3/c1-4-14-15(12(2)25-22-14)16(23)19-9-13-10-20-17(21-11-13)18(3)7-5-6-8-24-18/h10-11H,4-9H2,1-3H3,(H,19,23). The summed E-state index contributed by atoms with van der Waals surface area (Å²) in [4.78, 5) is 21.3. The molecule has 1 amide bonds. The van der Waals surface area contributed by atoms with Gasteiger partial charge in [-0.2, -0.15) is 0 Å². The molecule has 0 radical (unpaired) electrons. The van der Waals surface area contributed by atoms with Gasteiger partial charge in [0.2, 0.25) is 0 Å². The van der Waals surface area contributed by atoms with Crippen molar-refractivity contribution in [1.82, 2.24) is 20.4 Å². The smallest absolute Gasteiger partial charge is 0.257 e. The van der Waals surface area contributed by atoms with Crippen LogP contribution in [0.25, 0.3) is 0 Å². The molecule has 1 aliphatic heterocycles. The lowest BCUT2D eigenvalue weighted by Crippen LogP contribution is -2.32. The van der Waals surface area contributed by atoms with Crippen LogP contribution in [-0.2, 0) is 23.3 Å². The number of amides is 1. The van der Waals surface area contributed by atoms with Gasteiger partial charge in [-0.1, -0.05) is 12.1 Å². The summed E-state index contributed by atoms with van der Waals surface area (Å²) in [5, 5.41) is 6.78. The molecular formula is C18H24N4O3. The van der Waals surface area contributed by atoms with E-state index in [1.807, 2.05) is 13.8 Å². The molecule has 25 heavy (non-hydrogen) atoms. The summed E-state index contributed by atoms with van der Waals surface area (Å²) in [5.41, 5.74) is 1.62. The van der Waals surface area contributed by atoms with Gasteiger partial charge >= 0.3 is 0 Å². The molecule has 1 N–H and O–H groups in total. The topological polar surface area (TPSA) is 90.1 Å². The van der Waals surface area contributed by atoms with E-state index in [1.165, 1.54) is 0 Å². The third-order valence-corrected chi connectivity index (χ3v) is 4.60. The first kappa shape index (κ1) is 17.5. The van der Waals surface area contributed by atoms with E-state index < -0.39 is 5.60 Å². The van der Waals surface area contributed by atoms with Crippen molar-refractivity contribution in [2.24, 2.45) is 0 Å². The van der Waals surface area contributed by atoms with Crippen LogP contribution in [0.4, 0.5) is 0 Å². The van der Waals surface area contributed by atoms with E-state index in [0.29, 0.717) is 35.8 Å². The van der Waals surface area contributed by atoms with Crippen LogP contribution < -0.4 is 5.32 Å². The van der Waals surface area contributed by atoms with Gasteiger partial charge in [0.05, 0.1) is 5.69 Å². The number of carbonyl (C=O) groups is 1. The largest absolute Gasteiger partial charge is 0.367 e. The first-order valence-electron chi connectivity index (χ1n) is 8.72. The third-order valence-electron chi connectivity index (χ3n) is 4.60. The Kier molecular flexibility index (Phi) is 5.13. The highest BCUT2D eigenvalue weighted by molar-refractivity contribution is 5.96. The minimum Gasteiger partial charge on any atom is -0.367 e. The van der Waals surface area contributed by atoms with Crippen LogP contribution in [0.3, 0.4) is 0 Å². The van der Waals surface area contributed by atoms with Crippen molar-refractivity contribution in [2.45, 2.75) is 58.6 Å². The van der Waals surface area contributed by atoms with Crippen molar-refractivity contribution in [3.8, 4) is 0 Å². The van der Waals surface area contributed by atoms with Crippen molar-refractivity contribution in [3.05, 3.63) is 40.8 Å². The van der Waals surface area contributed by atoms with Crippen molar-refractivity contribution in [3.63, 3.8) is 0 Å². The Hall–Kier alpha value is -2.28. The Morgan fingerprint density at radius 1 is 1.32 bits per heavy atom. The summed E-state index contributed by atoms with van der Waals surface area (Å²) in [6.07, 6.45) is 7.27. The average Bonchev–Trinajstić information content (AvgIpc) is 3.01. The van der Waals surface area contributed by atoms with E-state index in [1.54, 1.807) is 19.3 Å². The maximum atomic E-state index is 12.4. The summed E-state index contributed by atoms with van der Waals surface area (Å²) in [7, 11) is 0. The van der Waals surface area contributed by atoms with Crippen LogP contribution in [0.15, 0.2) is 16.9 Å². The maximum Gasteiger partial charge on any atom is 0.257 e. The van der Waals surface area contributed by atoms with Gasteiger partial charge in [0.1, 0.15) is 16.9 Å². The second-order valence-electron chi connectivity index (χ2n) is 6.55. The van der Waals surface area contributed by atoms with Gasteiger partial charge in [0.15, 0.2) is 5.82 Å². The van der Waals surface area contributed by atoms with E-state index in [4.69, 9.17) is 9.26 Å². The Morgan fingerprint density at radius 3 is 2.72 bits per heavy atom. The van der Waals surface area contributed by atoms with Crippen LogP contribution in [0.5, 0.6) is 0 Å². The predicted molar refractivity (Wildman–Crippen MR) is 91.0 cm³/mol. The molecule has 0 bridgehead atoms. The number of aryl methyl sites for hydroxylation is 2. The number of ether oxygens (including phenoxy) is 1. The molecule has 2 aromatic heterocycles. The van der Waals surface area contributed by atoms with Gasteiger partial charge < -0.3 is 14.6 Å². The molecule has 7 heteroatoms. The minimum atomic E-state index is -0.407. The van der Waals surface area contributed by atoms with Gasteiger partial charge in [-0.15, -0.1) is 0 Å². The zero-order chi connectivity index (χ0) is 17.9. The molecule has 1 unspecified atom stereocenters. The Balaban J connectivity index is 1.64. The number of hydrogen-bond acceptors (Lipinski definition) is 6. The van der Waals surface area contributed by atoms with Gasteiger partial charge in [-0.3, -0.25) is 4.79 Å². The molecule has 1 fully saturated rings. The molecule has 134 valence electrons. The Bertz CT molecular complexity index is 733. The first-order valence-corrected chi connectivity index (χ1v) is 8.72. The summed E-state index contributed by atoms with van der Waals surface area (Å²) >= 11 is 0. The highest BCUT2D eigenvalue weighted by Crippen LogP contribution is 2.32. The average molecular weight is 344 g/mol. The zero-order valence-corrected chi connectivity index (χ0v) is 15.0. The fourth-order valence-electron chi connectivity index (χ4n) is 3.05. The number of carbonyl (C=O) groups excluding carboxylic acids is 1. The van der Waals surface area contributed by atoms with E-state index >= 15 is 0 Å². The zero-order valence-electron chi connectivity index (χ0n) is 15.0. The number of nitrogens with one attached hydrogen (secondary N) is 1. The Morgan fingerprint density at radius 2 is 2.08 bits per heavy atom. The van der Waals surface area contributed by atoms with E-state index in [0.717, 1.165) is 31.4 Å². The molecule has 1 atom stereocenters. The van der Waals surface area contributed by atoms with Gasteiger partial charge in [-0.05, 0) is 39.5 Å². The SMILES string of the molecule is CCc1noc(C)c1C(=O)NCc1cnc(C2(C)CCCCO2)nc1. The molecule has 3 heterocycles. The van der Waals surface area contributed by atoms with Crippen molar-refractivity contribution >= 4 is 5.91 Å². The highest BCUT2D eigenvalue weighted by atomic mass is 16.5. The minimum absolute atomic E-state index is 0.192. The normalized spacial score (nSPS) is 20.4. The lowest BCUT2D eigenvalue weighted by Gasteiger charge is -2.32. The molecule has 0 saturated carbocycles. The lowest BCUT2D eigenvalue weighted by molar-refractivity contribution is -0.0760. The van der Waals surface area contributed by atoms with E-state index in [-0.39, 0.29) is 5.91 Å². The quantitative estimate of drug-likeness (QED) is 0.897.